The zero-order chi connectivity index (χ0) is 17.8. The van der Waals surface area contributed by atoms with Gasteiger partial charge in [0.15, 0.2) is 0 Å². The van der Waals surface area contributed by atoms with Crippen LogP contribution in [0.2, 0.25) is 0 Å². The van der Waals surface area contributed by atoms with E-state index >= 15 is 0 Å². The highest BCUT2D eigenvalue weighted by atomic mass is 35.5. The van der Waals surface area contributed by atoms with Gasteiger partial charge >= 0.3 is 0 Å². The van der Waals surface area contributed by atoms with Crippen LogP contribution in [0.3, 0.4) is 0 Å². The van der Waals surface area contributed by atoms with Crippen molar-refractivity contribution < 1.29 is 14.4 Å². The third-order valence-corrected chi connectivity index (χ3v) is 6.13. The fourth-order valence-electron chi connectivity index (χ4n) is 2.69. The van der Waals surface area contributed by atoms with E-state index in [9.17, 15) is 14.4 Å². The second-order valence-electron chi connectivity index (χ2n) is 5.70. The number of rotatable bonds is 5. The summed E-state index contributed by atoms with van der Waals surface area (Å²) < 4.78 is 0. The molecule has 2 aliphatic rings. The van der Waals surface area contributed by atoms with E-state index < -0.39 is 0 Å². The lowest BCUT2D eigenvalue weighted by molar-refractivity contribution is -0.123. The summed E-state index contributed by atoms with van der Waals surface area (Å²) in [6, 6.07) is 3.78. The Balaban J connectivity index is 1.55. The SMILES string of the molecule is O=C(NCCN1C(=O)S/C(=C/c2cccs2)C1=O)C1=C(Cl)CCCC1. The monoisotopic (exact) mass is 396 g/mol. The highest BCUT2D eigenvalue weighted by molar-refractivity contribution is 8.18. The van der Waals surface area contributed by atoms with Crippen LogP contribution in [0.15, 0.2) is 33.0 Å². The smallest absolute Gasteiger partial charge is 0.293 e. The predicted molar refractivity (Wildman–Crippen MR) is 101 cm³/mol. The molecule has 0 atom stereocenters. The van der Waals surface area contributed by atoms with Crippen LogP contribution < -0.4 is 5.32 Å². The maximum atomic E-state index is 12.3. The van der Waals surface area contributed by atoms with Crippen LogP contribution in [-0.4, -0.2) is 35.0 Å². The Kier molecular flexibility index (Phi) is 5.98. The molecule has 5 nitrogen and oxygen atoms in total. The molecule has 1 aliphatic heterocycles. The van der Waals surface area contributed by atoms with Crippen molar-refractivity contribution in [2.24, 2.45) is 0 Å². The Bertz CT molecular complexity index is 756. The number of amides is 3. The number of allylic oxidation sites excluding steroid dienone is 1. The average molecular weight is 397 g/mol. The maximum absolute atomic E-state index is 12.3. The second-order valence-corrected chi connectivity index (χ2v) is 8.12. The standard InChI is InChI=1S/C17H17ClN2O3S2/c18-13-6-2-1-5-12(13)15(21)19-7-8-20-16(22)14(25-17(20)23)10-11-4-3-9-24-11/h3-4,9-10H,1-2,5-8H2,(H,19,21)/b14-10+. The van der Waals surface area contributed by atoms with E-state index in [1.54, 1.807) is 6.08 Å². The van der Waals surface area contributed by atoms with Crippen LogP contribution in [0.4, 0.5) is 4.79 Å². The van der Waals surface area contributed by atoms with Gasteiger partial charge in [0, 0.05) is 28.6 Å². The molecule has 1 aromatic rings. The number of nitrogens with one attached hydrogen (secondary N) is 1. The number of carbonyl (C=O) groups is 3. The number of thiophene rings is 1. The molecule has 1 fully saturated rings. The van der Waals surface area contributed by atoms with Crippen molar-refractivity contribution in [3.05, 3.63) is 37.9 Å². The normalized spacial score (nSPS) is 19.9. The van der Waals surface area contributed by atoms with Crippen LogP contribution in [0.5, 0.6) is 0 Å². The Morgan fingerprint density at radius 1 is 1.32 bits per heavy atom. The summed E-state index contributed by atoms with van der Waals surface area (Å²) in [7, 11) is 0. The Hall–Kier alpha value is -1.57. The van der Waals surface area contributed by atoms with Gasteiger partial charge in [-0.3, -0.25) is 19.3 Å². The van der Waals surface area contributed by atoms with Gasteiger partial charge in [-0.05, 0) is 55.0 Å². The first kappa shape index (κ1) is 18.2. The van der Waals surface area contributed by atoms with E-state index in [2.05, 4.69) is 5.32 Å². The van der Waals surface area contributed by atoms with Crippen LogP contribution in [0.1, 0.15) is 30.6 Å². The predicted octanol–water partition coefficient (Wildman–Crippen LogP) is 3.97. The second kappa shape index (κ2) is 8.21. The fraction of sp³-hybridized carbons (Fsp3) is 0.353. The molecule has 0 bridgehead atoms. The van der Waals surface area contributed by atoms with Gasteiger partial charge in [0.2, 0.25) is 5.91 Å². The third-order valence-electron chi connectivity index (χ3n) is 3.99. The molecular formula is C17H17ClN2O3S2. The van der Waals surface area contributed by atoms with Crippen molar-refractivity contribution in [2.75, 3.05) is 13.1 Å². The number of carbonyl (C=O) groups excluding carboxylic acids is 3. The number of hydrogen-bond donors (Lipinski definition) is 1. The van der Waals surface area contributed by atoms with Crippen LogP contribution in [-0.2, 0) is 9.59 Å². The van der Waals surface area contributed by atoms with Gasteiger partial charge in [-0.25, -0.2) is 0 Å². The summed E-state index contributed by atoms with van der Waals surface area (Å²) in [4.78, 5) is 39.1. The van der Waals surface area contributed by atoms with Gasteiger partial charge < -0.3 is 5.32 Å². The molecule has 2 heterocycles. The van der Waals surface area contributed by atoms with Crippen LogP contribution >= 0.6 is 34.7 Å². The first-order chi connectivity index (χ1) is 12.1. The van der Waals surface area contributed by atoms with E-state index in [1.165, 1.54) is 16.2 Å². The number of nitrogens with zero attached hydrogens (tertiary/aromatic N) is 1. The molecule has 1 N–H and O–H groups in total. The molecule has 1 aliphatic carbocycles. The minimum atomic E-state index is -0.312. The molecule has 3 rings (SSSR count). The van der Waals surface area contributed by atoms with Gasteiger partial charge in [-0.15, -0.1) is 11.3 Å². The van der Waals surface area contributed by atoms with Crippen molar-refractivity contribution in [3.63, 3.8) is 0 Å². The lowest BCUT2D eigenvalue weighted by Gasteiger charge is -2.17. The van der Waals surface area contributed by atoms with Crippen molar-refractivity contribution >= 4 is 57.8 Å². The Morgan fingerprint density at radius 2 is 2.12 bits per heavy atom. The van der Waals surface area contributed by atoms with Gasteiger partial charge in [-0.2, -0.15) is 0 Å². The van der Waals surface area contributed by atoms with E-state index in [0.717, 1.165) is 35.9 Å². The van der Waals surface area contributed by atoms with Crippen LogP contribution in [0, 0.1) is 0 Å². The van der Waals surface area contributed by atoms with E-state index in [-0.39, 0.29) is 30.1 Å². The summed E-state index contributed by atoms with van der Waals surface area (Å²) in [5.41, 5.74) is 0.625. The van der Waals surface area contributed by atoms with E-state index in [1.807, 2.05) is 17.5 Å². The zero-order valence-corrected chi connectivity index (χ0v) is 15.8. The van der Waals surface area contributed by atoms with Gasteiger partial charge in [-0.1, -0.05) is 17.7 Å². The van der Waals surface area contributed by atoms with Gasteiger partial charge in [0.1, 0.15) is 0 Å². The summed E-state index contributed by atoms with van der Waals surface area (Å²) in [5, 5.41) is 4.98. The van der Waals surface area contributed by atoms with Gasteiger partial charge in [0.25, 0.3) is 11.1 Å². The topological polar surface area (TPSA) is 66.5 Å². The van der Waals surface area contributed by atoms with E-state index in [4.69, 9.17) is 11.6 Å². The molecule has 8 heteroatoms. The maximum Gasteiger partial charge on any atom is 0.293 e. The van der Waals surface area contributed by atoms with Gasteiger partial charge in [0.05, 0.1) is 4.91 Å². The van der Waals surface area contributed by atoms with E-state index in [0.29, 0.717) is 21.9 Å². The molecular weight excluding hydrogens is 380 g/mol. The minimum Gasteiger partial charge on any atom is -0.350 e. The molecule has 3 amide bonds. The molecule has 132 valence electrons. The quantitative estimate of drug-likeness (QED) is 0.765. The number of halogens is 1. The lowest BCUT2D eigenvalue weighted by atomic mass is 9.99. The van der Waals surface area contributed by atoms with Crippen molar-refractivity contribution in [2.45, 2.75) is 25.7 Å². The number of imide groups is 1. The van der Waals surface area contributed by atoms with Crippen LogP contribution in [0.25, 0.3) is 6.08 Å². The highest BCUT2D eigenvalue weighted by Crippen LogP contribution is 2.32. The largest absolute Gasteiger partial charge is 0.350 e. The zero-order valence-electron chi connectivity index (χ0n) is 13.4. The molecule has 0 radical (unpaired) electrons. The fourth-order valence-corrected chi connectivity index (χ4v) is 4.59. The molecule has 0 spiro atoms. The summed E-state index contributed by atoms with van der Waals surface area (Å²) in [5.74, 6) is -0.515. The molecule has 0 saturated carbocycles. The molecule has 1 aromatic heterocycles. The molecule has 0 aromatic carbocycles. The Morgan fingerprint density at radius 3 is 2.84 bits per heavy atom. The average Bonchev–Trinajstić information content (AvgIpc) is 3.19. The first-order valence-corrected chi connectivity index (χ1v) is 10.1. The number of hydrogen-bond acceptors (Lipinski definition) is 5. The molecule has 1 saturated heterocycles. The van der Waals surface area contributed by atoms with Crippen molar-refractivity contribution in [3.8, 4) is 0 Å². The number of thioether (sulfide) groups is 1. The summed E-state index contributed by atoms with van der Waals surface area (Å²) in [6.45, 7) is 0.375. The minimum absolute atomic E-state index is 0.156. The summed E-state index contributed by atoms with van der Waals surface area (Å²) >= 11 is 8.54. The third kappa shape index (κ3) is 4.34. The first-order valence-electron chi connectivity index (χ1n) is 8.01. The lowest BCUT2D eigenvalue weighted by Crippen LogP contribution is -2.38. The van der Waals surface area contributed by atoms with Crippen molar-refractivity contribution in [1.29, 1.82) is 0 Å². The molecule has 25 heavy (non-hydrogen) atoms. The Labute approximate surface area is 159 Å². The van der Waals surface area contributed by atoms with Crippen molar-refractivity contribution in [1.82, 2.24) is 10.2 Å². The summed E-state index contributed by atoms with van der Waals surface area (Å²) in [6.07, 6.45) is 5.09. The highest BCUT2D eigenvalue weighted by Gasteiger charge is 2.34. The molecule has 0 unspecified atom stereocenters.